The van der Waals surface area contributed by atoms with E-state index in [0.29, 0.717) is 23.2 Å². The standard InChI is InChI=1S/C24H26NO3/c1-25(2)21-11-14(12-22(25)18-13-17(18)21)28-23(26)24(27)19-9-5-3-7-15(19)16-8-4-6-10-20(16)24/h3-10,14,17-18,21-22,27H,11-13H2,1-2H3/q+1. The van der Waals surface area contributed by atoms with E-state index in [1.54, 1.807) is 0 Å². The van der Waals surface area contributed by atoms with E-state index in [4.69, 9.17) is 4.74 Å². The van der Waals surface area contributed by atoms with Gasteiger partial charge in [-0.25, -0.2) is 4.79 Å². The first-order valence-electron chi connectivity index (χ1n) is 10.4. The molecule has 0 amide bonds. The second-order valence-electron chi connectivity index (χ2n) is 9.63. The Morgan fingerprint density at radius 3 is 1.96 bits per heavy atom. The Kier molecular flexibility index (Phi) is 3.14. The van der Waals surface area contributed by atoms with Crippen LogP contribution in [0.25, 0.3) is 11.1 Å². The van der Waals surface area contributed by atoms with Gasteiger partial charge in [0.1, 0.15) is 6.10 Å². The average molecular weight is 376 g/mol. The number of quaternary nitrogens is 1. The van der Waals surface area contributed by atoms with Gasteiger partial charge in [0.15, 0.2) is 0 Å². The number of rotatable bonds is 2. The minimum atomic E-state index is -1.71. The zero-order valence-corrected chi connectivity index (χ0v) is 16.3. The lowest BCUT2D eigenvalue weighted by Gasteiger charge is -2.46. The van der Waals surface area contributed by atoms with Crippen LogP contribution in [-0.2, 0) is 15.1 Å². The molecule has 0 spiro atoms. The minimum absolute atomic E-state index is 0.0922. The molecular weight excluding hydrogens is 350 g/mol. The van der Waals surface area contributed by atoms with Gasteiger partial charge in [-0.1, -0.05) is 48.5 Å². The third-order valence-corrected chi connectivity index (χ3v) is 8.09. The van der Waals surface area contributed by atoms with E-state index >= 15 is 0 Å². The van der Waals surface area contributed by atoms with Gasteiger partial charge < -0.3 is 14.3 Å². The molecule has 4 nitrogen and oxygen atoms in total. The number of benzene rings is 2. The average Bonchev–Trinajstić information content (AvgIpc) is 3.40. The topological polar surface area (TPSA) is 46.5 Å². The van der Waals surface area contributed by atoms with Crippen molar-refractivity contribution in [2.24, 2.45) is 11.8 Å². The summed E-state index contributed by atoms with van der Waals surface area (Å²) < 4.78 is 7.10. The van der Waals surface area contributed by atoms with Gasteiger partial charge in [0, 0.05) is 35.8 Å². The van der Waals surface area contributed by atoms with Gasteiger partial charge in [-0.3, -0.25) is 0 Å². The van der Waals surface area contributed by atoms with Crippen molar-refractivity contribution in [2.45, 2.75) is 43.1 Å². The second-order valence-corrected chi connectivity index (χ2v) is 9.63. The third-order valence-electron chi connectivity index (χ3n) is 8.09. The lowest BCUT2D eigenvalue weighted by Crippen LogP contribution is -2.59. The van der Waals surface area contributed by atoms with Crippen LogP contribution in [-0.4, -0.2) is 47.8 Å². The number of hydrogen-bond donors (Lipinski definition) is 1. The molecule has 2 aromatic rings. The molecule has 3 fully saturated rings. The molecule has 1 N–H and O–H groups in total. The van der Waals surface area contributed by atoms with Crippen molar-refractivity contribution in [3.05, 3.63) is 59.7 Å². The zero-order chi connectivity index (χ0) is 19.3. The van der Waals surface area contributed by atoms with Crippen LogP contribution in [0.2, 0.25) is 0 Å². The second kappa shape index (κ2) is 5.25. The molecule has 1 saturated carbocycles. The van der Waals surface area contributed by atoms with Crippen molar-refractivity contribution in [1.82, 2.24) is 0 Å². The first-order valence-corrected chi connectivity index (χ1v) is 10.4. The highest BCUT2D eigenvalue weighted by atomic mass is 16.6. The summed E-state index contributed by atoms with van der Waals surface area (Å²) in [6.07, 6.45) is 3.08. The number of hydrogen-bond acceptors (Lipinski definition) is 3. The van der Waals surface area contributed by atoms with Gasteiger partial charge in [0.25, 0.3) is 0 Å². The number of esters is 1. The Bertz CT molecular complexity index is 931. The predicted octanol–water partition coefficient (Wildman–Crippen LogP) is 3.07. The Hall–Kier alpha value is -2.17. The molecule has 2 bridgehead atoms. The van der Waals surface area contributed by atoms with E-state index in [1.165, 1.54) is 6.42 Å². The van der Waals surface area contributed by atoms with E-state index < -0.39 is 11.6 Å². The summed E-state index contributed by atoms with van der Waals surface area (Å²) in [5.74, 6) is 1.09. The highest BCUT2D eigenvalue weighted by Crippen LogP contribution is 2.61. The van der Waals surface area contributed by atoms with Gasteiger partial charge in [-0.2, -0.15) is 0 Å². The van der Waals surface area contributed by atoms with Crippen molar-refractivity contribution in [2.75, 3.05) is 14.1 Å². The fourth-order valence-electron chi connectivity index (χ4n) is 6.65. The Morgan fingerprint density at radius 1 is 0.929 bits per heavy atom. The normalized spacial score (nSPS) is 34.9. The fraction of sp³-hybridized carbons (Fsp3) is 0.458. The maximum Gasteiger partial charge on any atom is 0.348 e. The van der Waals surface area contributed by atoms with Crippen molar-refractivity contribution in [3.8, 4) is 11.1 Å². The van der Waals surface area contributed by atoms with Crippen LogP contribution in [0.4, 0.5) is 0 Å². The number of nitrogens with zero attached hydrogens (tertiary/aromatic N) is 1. The highest BCUT2D eigenvalue weighted by Gasteiger charge is 2.68. The Balaban J connectivity index is 1.33. The number of ether oxygens (including phenoxy) is 1. The van der Waals surface area contributed by atoms with Crippen molar-refractivity contribution in [1.29, 1.82) is 0 Å². The maximum atomic E-state index is 13.4. The van der Waals surface area contributed by atoms with Gasteiger partial charge >= 0.3 is 5.97 Å². The quantitative estimate of drug-likeness (QED) is 0.647. The van der Waals surface area contributed by atoms with Crippen LogP contribution in [0.15, 0.2) is 48.5 Å². The smallest absolute Gasteiger partial charge is 0.348 e. The van der Waals surface area contributed by atoms with E-state index in [0.717, 1.165) is 40.3 Å². The molecule has 4 aliphatic rings. The highest BCUT2D eigenvalue weighted by molar-refractivity contribution is 5.96. The minimum Gasteiger partial charge on any atom is -0.459 e. The Morgan fingerprint density at radius 2 is 1.43 bits per heavy atom. The molecular formula is C24H26NO3+. The van der Waals surface area contributed by atoms with Gasteiger partial charge in [-0.05, 0) is 17.5 Å². The largest absolute Gasteiger partial charge is 0.459 e. The third kappa shape index (κ3) is 1.95. The van der Waals surface area contributed by atoms with Gasteiger partial charge in [0.05, 0.1) is 26.2 Å². The summed E-state index contributed by atoms with van der Waals surface area (Å²) in [6, 6.07) is 16.4. The first kappa shape index (κ1) is 16.8. The summed E-state index contributed by atoms with van der Waals surface area (Å²) in [6.45, 7) is 0. The molecule has 2 aliphatic heterocycles. The molecule has 2 saturated heterocycles. The van der Waals surface area contributed by atoms with Crippen LogP contribution in [0.5, 0.6) is 0 Å². The van der Waals surface area contributed by atoms with E-state index in [2.05, 4.69) is 14.1 Å². The monoisotopic (exact) mass is 376 g/mol. The van der Waals surface area contributed by atoms with Crippen molar-refractivity contribution >= 4 is 5.97 Å². The summed E-state index contributed by atoms with van der Waals surface area (Å²) in [4.78, 5) is 13.4. The maximum absolute atomic E-state index is 13.4. The molecule has 0 radical (unpaired) electrons. The fourth-order valence-corrected chi connectivity index (χ4v) is 6.65. The van der Waals surface area contributed by atoms with Crippen LogP contribution < -0.4 is 0 Å². The number of carbonyl (C=O) groups is 1. The molecule has 4 atom stereocenters. The Labute approximate surface area is 165 Å². The zero-order valence-electron chi connectivity index (χ0n) is 16.3. The summed E-state index contributed by atoms with van der Waals surface area (Å²) in [5, 5.41) is 11.6. The van der Waals surface area contributed by atoms with Crippen LogP contribution >= 0.6 is 0 Å². The number of aliphatic hydroxyl groups is 1. The predicted molar refractivity (Wildman–Crippen MR) is 105 cm³/mol. The summed E-state index contributed by atoms with van der Waals surface area (Å²) >= 11 is 0. The van der Waals surface area contributed by atoms with Gasteiger partial charge in [0.2, 0.25) is 5.60 Å². The van der Waals surface area contributed by atoms with E-state index in [-0.39, 0.29) is 6.10 Å². The summed E-state index contributed by atoms with van der Waals surface area (Å²) in [5.41, 5.74) is 1.40. The lowest BCUT2D eigenvalue weighted by atomic mass is 9.90. The lowest BCUT2D eigenvalue weighted by molar-refractivity contribution is -0.937. The molecule has 2 heterocycles. The molecule has 4 unspecified atom stereocenters. The summed E-state index contributed by atoms with van der Waals surface area (Å²) in [7, 11) is 4.66. The van der Waals surface area contributed by atoms with Crippen LogP contribution in [0.3, 0.4) is 0 Å². The molecule has 6 rings (SSSR count). The number of piperidine rings is 2. The SMILES string of the molecule is C[N+]1(C)C2CC(OC(=O)C3(O)c4ccccc4-c4ccccc43)CC1C1CC12. The number of carbonyl (C=O) groups excluding carboxylic acids is 1. The van der Waals surface area contributed by atoms with Crippen LogP contribution in [0, 0.1) is 11.8 Å². The number of fused-ring (bicyclic) bond motifs is 8. The molecule has 28 heavy (non-hydrogen) atoms. The molecule has 2 aliphatic carbocycles. The van der Waals surface area contributed by atoms with Crippen LogP contribution in [0.1, 0.15) is 30.4 Å². The molecule has 144 valence electrons. The van der Waals surface area contributed by atoms with Crippen molar-refractivity contribution < 1.29 is 19.1 Å². The van der Waals surface area contributed by atoms with E-state index in [1.807, 2.05) is 48.5 Å². The first-order chi connectivity index (χ1) is 13.4. The molecule has 4 heteroatoms. The van der Waals surface area contributed by atoms with Gasteiger partial charge in [-0.15, -0.1) is 0 Å². The molecule has 2 aromatic carbocycles. The van der Waals surface area contributed by atoms with Crippen molar-refractivity contribution in [3.63, 3.8) is 0 Å². The van der Waals surface area contributed by atoms with E-state index in [9.17, 15) is 9.90 Å². The molecule has 0 aromatic heterocycles.